The fourth-order valence-corrected chi connectivity index (χ4v) is 0.118. The quantitative estimate of drug-likeness (QED) is 0.497. The SMILES string of the molecule is COCCN.[HH]. The van der Waals surface area contributed by atoms with Gasteiger partial charge < -0.3 is 10.5 Å². The van der Waals surface area contributed by atoms with Crippen LogP contribution in [0.25, 0.3) is 0 Å². The molecule has 0 aliphatic rings. The molecular weight excluding hydrogens is 66.0 g/mol. The molecule has 0 aliphatic heterocycles. The van der Waals surface area contributed by atoms with Crippen LogP contribution < -0.4 is 5.73 Å². The van der Waals surface area contributed by atoms with Crippen molar-refractivity contribution >= 4 is 0 Å². The Hall–Kier alpha value is -0.0800. The molecule has 2 N–H and O–H groups in total. The number of nitrogens with two attached hydrogens (primary N) is 1. The molecule has 5 heavy (non-hydrogen) atoms. The lowest BCUT2D eigenvalue weighted by atomic mass is 10.7. The van der Waals surface area contributed by atoms with Crippen molar-refractivity contribution in [1.29, 1.82) is 0 Å². The number of methoxy groups -OCH3 is 1. The van der Waals surface area contributed by atoms with E-state index in [-0.39, 0.29) is 1.43 Å². The molecule has 0 saturated carbocycles. The molecule has 0 spiro atoms. The molecule has 0 fully saturated rings. The second-order valence-corrected chi connectivity index (χ2v) is 0.781. The first kappa shape index (κ1) is 4.92. The van der Waals surface area contributed by atoms with Gasteiger partial charge in [-0.25, -0.2) is 0 Å². The Balaban J connectivity index is 0. The maximum atomic E-state index is 5.01. The van der Waals surface area contributed by atoms with E-state index in [2.05, 4.69) is 4.74 Å². The summed E-state index contributed by atoms with van der Waals surface area (Å²) >= 11 is 0. The van der Waals surface area contributed by atoms with E-state index in [0.29, 0.717) is 13.2 Å². The van der Waals surface area contributed by atoms with E-state index >= 15 is 0 Å². The molecule has 0 atom stereocenters. The summed E-state index contributed by atoms with van der Waals surface area (Å²) in [5.41, 5.74) is 5.01. The Kier molecular flexibility index (Phi) is 3.86. The Morgan fingerprint density at radius 2 is 2.60 bits per heavy atom. The molecule has 0 radical (unpaired) electrons. The second kappa shape index (κ2) is 3.92. The fourth-order valence-electron chi connectivity index (χ4n) is 0.118. The molecule has 0 rings (SSSR count). The molecule has 0 bridgehead atoms. The van der Waals surface area contributed by atoms with Crippen LogP contribution in [0.2, 0.25) is 0 Å². The van der Waals surface area contributed by atoms with Gasteiger partial charge in [-0.1, -0.05) is 0 Å². The molecule has 0 heterocycles. The lowest BCUT2D eigenvalue weighted by Gasteiger charge is -1.85. The molecule has 0 unspecified atom stereocenters. The van der Waals surface area contributed by atoms with Crippen LogP contribution in [-0.2, 0) is 4.74 Å². The van der Waals surface area contributed by atoms with E-state index in [1.165, 1.54) is 0 Å². The smallest absolute Gasteiger partial charge is 0.0584 e. The zero-order chi connectivity index (χ0) is 4.12. The van der Waals surface area contributed by atoms with E-state index in [0.717, 1.165) is 0 Å². The molecule has 0 aromatic rings. The van der Waals surface area contributed by atoms with Crippen LogP contribution >= 0.6 is 0 Å². The highest BCUT2D eigenvalue weighted by atomic mass is 16.5. The number of ether oxygens (including phenoxy) is 1. The molecule has 0 amide bonds. The van der Waals surface area contributed by atoms with Gasteiger partial charge in [-0.2, -0.15) is 0 Å². The molecule has 34 valence electrons. The molecule has 0 aromatic carbocycles. The molecule has 2 heteroatoms. The van der Waals surface area contributed by atoms with Gasteiger partial charge in [0.1, 0.15) is 0 Å². The average molecular weight is 77.1 g/mol. The van der Waals surface area contributed by atoms with E-state index in [1.54, 1.807) is 7.11 Å². The third kappa shape index (κ3) is 3.92. The number of hydrogen-bond donors (Lipinski definition) is 1. The average Bonchev–Trinajstić information content (AvgIpc) is 1.41. The maximum absolute atomic E-state index is 5.01. The standard InChI is InChI=1S/C3H9NO.H2/c1-5-3-2-4;/h2-4H2,1H3;1H. The summed E-state index contributed by atoms with van der Waals surface area (Å²) < 4.78 is 4.57. The van der Waals surface area contributed by atoms with E-state index in [9.17, 15) is 0 Å². The summed E-state index contributed by atoms with van der Waals surface area (Å²) in [5.74, 6) is 0. The van der Waals surface area contributed by atoms with Crippen LogP contribution in [0.15, 0.2) is 0 Å². The number of rotatable bonds is 2. The maximum Gasteiger partial charge on any atom is 0.0584 e. The van der Waals surface area contributed by atoms with E-state index in [4.69, 9.17) is 5.73 Å². The predicted molar refractivity (Wildman–Crippen MR) is 23.0 cm³/mol. The molecular formula is C3H11NO. The van der Waals surface area contributed by atoms with Crippen molar-refractivity contribution in [3.8, 4) is 0 Å². The largest absolute Gasteiger partial charge is 0.383 e. The third-order valence-corrected chi connectivity index (χ3v) is 0.322. The van der Waals surface area contributed by atoms with Crippen LogP contribution in [-0.4, -0.2) is 20.3 Å². The van der Waals surface area contributed by atoms with Crippen LogP contribution in [0.5, 0.6) is 0 Å². The van der Waals surface area contributed by atoms with Crippen molar-refractivity contribution in [2.45, 2.75) is 0 Å². The van der Waals surface area contributed by atoms with Crippen molar-refractivity contribution in [3.63, 3.8) is 0 Å². The summed E-state index contributed by atoms with van der Waals surface area (Å²) in [7, 11) is 1.63. The van der Waals surface area contributed by atoms with Gasteiger partial charge in [-0.05, 0) is 0 Å². The Morgan fingerprint density at radius 3 is 2.60 bits per heavy atom. The van der Waals surface area contributed by atoms with Crippen LogP contribution in [0.3, 0.4) is 0 Å². The highest BCUT2D eigenvalue weighted by molar-refractivity contribution is 4.22. The van der Waals surface area contributed by atoms with Gasteiger partial charge in [0.15, 0.2) is 0 Å². The third-order valence-electron chi connectivity index (χ3n) is 0.322. The summed E-state index contributed by atoms with van der Waals surface area (Å²) in [4.78, 5) is 0. The summed E-state index contributed by atoms with van der Waals surface area (Å²) in [6.45, 7) is 1.29. The van der Waals surface area contributed by atoms with Gasteiger partial charge >= 0.3 is 0 Å². The summed E-state index contributed by atoms with van der Waals surface area (Å²) in [6.07, 6.45) is 0. The van der Waals surface area contributed by atoms with Crippen molar-refractivity contribution in [3.05, 3.63) is 0 Å². The lowest BCUT2D eigenvalue weighted by molar-refractivity contribution is 0.207. The zero-order valence-electron chi connectivity index (χ0n) is 3.40. The van der Waals surface area contributed by atoms with Crippen molar-refractivity contribution in [1.82, 2.24) is 0 Å². The van der Waals surface area contributed by atoms with Gasteiger partial charge in [0, 0.05) is 15.1 Å². The monoisotopic (exact) mass is 77.1 g/mol. The first-order valence-corrected chi connectivity index (χ1v) is 1.61. The van der Waals surface area contributed by atoms with Gasteiger partial charge in [-0.3, -0.25) is 0 Å². The fraction of sp³-hybridized carbons (Fsp3) is 1.00. The summed E-state index contributed by atoms with van der Waals surface area (Å²) in [6, 6.07) is 0. The zero-order valence-corrected chi connectivity index (χ0v) is 3.40. The Labute approximate surface area is 33.4 Å². The van der Waals surface area contributed by atoms with Crippen LogP contribution in [0.4, 0.5) is 0 Å². The van der Waals surface area contributed by atoms with E-state index in [1.807, 2.05) is 0 Å². The van der Waals surface area contributed by atoms with Crippen molar-refractivity contribution < 1.29 is 6.16 Å². The van der Waals surface area contributed by atoms with Crippen molar-refractivity contribution in [2.75, 3.05) is 20.3 Å². The first-order valence-electron chi connectivity index (χ1n) is 1.61. The normalized spacial score (nSPS) is 8.40. The Bertz CT molecular complexity index is 18.3. The van der Waals surface area contributed by atoms with Crippen LogP contribution in [0, 0.1) is 0 Å². The first-order chi connectivity index (χ1) is 2.41. The van der Waals surface area contributed by atoms with Crippen LogP contribution in [0.1, 0.15) is 1.43 Å². The molecule has 0 aliphatic carbocycles. The van der Waals surface area contributed by atoms with Gasteiger partial charge in [0.2, 0.25) is 0 Å². The topological polar surface area (TPSA) is 35.2 Å². The van der Waals surface area contributed by atoms with Gasteiger partial charge in [0.25, 0.3) is 0 Å². The highest BCUT2D eigenvalue weighted by Crippen LogP contribution is 1.53. The van der Waals surface area contributed by atoms with Gasteiger partial charge in [-0.15, -0.1) is 0 Å². The minimum Gasteiger partial charge on any atom is -0.383 e. The van der Waals surface area contributed by atoms with Crippen molar-refractivity contribution in [2.24, 2.45) is 5.73 Å². The molecule has 2 nitrogen and oxygen atoms in total. The van der Waals surface area contributed by atoms with E-state index < -0.39 is 0 Å². The number of hydrogen-bond acceptors (Lipinski definition) is 2. The van der Waals surface area contributed by atoms with Gasteiger partial charge in [0.05, 0.1) is 6.61 Å². The predicted octanol–water partition coefficient (Wildman–Crippen LogP) is -0.162. The highest BCUT2D eigenvalue weighted by Gasteiger charge is 1.65. The summed E-state index contributed by atoms with van der Waals surface area (Å²) in [5, 5.41) is 0. The molecule has 0 aromatic heterocycles. The minimum absolute atomic E-state index is 0. The Morgan fingerprint density at radius 1 is 2.00 bits per heavy atom. The lowest BCUT2D eigenvalue weighted by Crippen LogP contribution is -2.05. The second-order valence-electron chi connectivity index (χ2n) is 0.781. The molecule has 0 saturated heterocycles. The minimum atomic E-state index is 0.